The van der Waals surface area contributed by atoms with Crippen molar-refractivity contribution >= 4 is 17.5 Å². The van der Waals surface area contributed by atoms with Crippen LogP contribution in [0, 0.1) is 0 Å². The molecule has 4 nitrogen and oxygen atoms in total. The molecule has 1 aromatic carbocycles. The van der Waals surface area contributed by atoms with E-state index in [0.29, 0.717) is 16.3 Å². The highest BCUT2D eigenvalue weighted by molar-refractivity contribution is 6.30. The van der Waals surface area contributed by atoms with E-state index >= 15 is 0 Å². The molecule has 1 heterocycles. The van der Waals surface area contributed by atoms with Crippen molar-refractivity contribution in [2.45, 2.75) is 19.4 Å². The Morgan fingerprint density at radius 1 is 1.53 bits per heavy atom. The van der Waals surface area contributed by atoms with Crippen LogP contribution >= 0.6 is 11.6 Å². The van der Waals surface area contributed by atoms with Crippen molar-refractivity contribution in [2.75, 3.05) is 26.7 Å². The van der Waals surface area contributed by atoms with E-state index in [1.54, 1.807) is 25.3 Å². The molecule has 1 fully saturated rings. The number of methoxy groups -OCH3 is 1. The van der Waals surface area contributed by atoms with Crippen molar-refractivity contribution in [1.29, 1.82) is 0 Å². The summed E-state index contributed by atoms with van der Waals surface area (Å²) in [4.78, 5) is 14.6. The number of nitrogens with one attached hydrogen (secondary N) is 1. The van der Waals surface area contributed by atoms with Gasteiger partial charge in [0.25, 0.3) is 5.91 Å². The van der Waals surface area contributed by atoms with Gasteiger partial charge in [0.1, 0.15) is 5.75 Å². The summed E-state index contributed by atoms with van der Waals surface area (Å²) in [6, 6.07) is 5.42. The van der Waals surface area contributed by atoms with Gasteiger partial charge >= 0.3 is 0 Å². The van der Waals surface area contributed by atoms with Gasteiger partial charge in [0.2, 0.25) is 0 Å². The molecule has 0 atom stereocenters. The fraction of sp³-hybridized carbons (Fsp3) is 0.500. The quantitative estimate of drug-likeness (QED) is 0.900. The summed E-state index contributed by atoms with van der Waals surface area (Å²) in [5.41, 5.74) is 0.576. The Bertz CT molecular complexity index is 461. The third-order valence-corrected chi connectivity index (χ3v) is 3.56. The molecule has 104 valence electrons. The van der Waals surface area contributed by atoms with Crippen molar-refractivity contribution in [2.24, 2.45) is 0 Å². The highest BCUT2D eigenvalue weighted by atomic mass is 35.5. The summed E-state index contributed by atoms with van der Waals surface area (Å²) in [7, 11) is 1.55. The Labute approximate surface area is 118 Å². The van der Waals surface area contributed by atoms with E-state index in [1.165, 1.54) is 0 Å². The molecule has 1 N–H and O–H groups in total. The summed E-state index contributed by atoms with van der Waals surface area (Å²) in [6.45, 7) is 4.56. The van der Waals surface area contributed by atoms with E-state index in [1.807, 2.05) is 4.90 Å². The second kappa shape index (κ2) is 6.26. The molecule has 1 amide bonds. The number of nitrogens with zero attached hydrogens (tertiary/aromatic N) is 1. The maximum Gasteiger partial charge on any atom is 0.257 e. The number of carbonyl (C=O) groups excluding carboxylic acids is 1. The molecule has 0 aromatic heterocycles. The molecule has 5 heteroatoms. The number of hydrogen-bond donors (Lipinski definition) is 1. The fourth-order valence-electron chi connectivity index (χ4n) is 2.18. The van der Waals surface area contributed by atoms with Gasteiger partial charge in [-0.2, -0.15) is 0 Å². The average Bonchev–Trinajstić information content (AvgIpc) is 2.35. The lowest BCUT2D eigenvalue weighted by Crippen LogP contribution is -2.59. The molecule has 1 aliphatic rings. The topological polar surface area (TPSA) is 41.6 Å². The van der Waals surface area contributed by atoms with Gasteiger partial charge in [-0.05, 0) is 24.6 Å². The minimum Gasteiger partial charge on any atom is -0.496 e. The van der Waals surface area contributed by atoms with E-state index in [-0.39, 0.29) is 11.9 Å². The minimum atomic E-state index is 0.0156. The lowest BCUT2D eigenvalue weighted by atomic mass is 10.1. The molecular formula is C14H19ClN2O2. The lowest BCUT2D eigenvalue weighted by molar-refractivity contribution is 0.0612. The number of rotatable bonds is 5. The van der Waals surface area contributed by atoms with Gasteiger partial charge < -0.3 is 15.0 Å². The zero-order valence-corrected chi connectivity index (χ0v) is 12.0. The maximum atomic E-state index is 12.6. The summed E-state index contributed by atoms with van der Waals surface area (Å²) < 4.78 is 5.26. The summed E-state index contributed by atoms with van der Waals surface area (Å²) >= 11 is 5.93. The van der Waals surface area contributed by atoms with Gasteiger partial charge in [-0.15, -0.1) is 0 Å². The van der Waals surface area contributed by atoms with E-state index in [2.05, 4.69) is 12.2 Å². The minimum absolute atomic E-state index is 0.0156. The Morgan fingerprint density at radius 3 is 2.79 bits per heavy atom. The first kappa shape index (κ1) is 14.2. The van der Waals surface area contributed by atoms with Crippen LogP contribution in [0.5, 0.6) is 5.75 Å². The van der Waals surface area contributed by atoms with Gasteiger partial charge in [0.05, 0.1) is 18.7 Å². The van der Waals surface area contributed by atoms with Crippen molar-refractivity contribution in [3.8, 4) is 5.75 Å². The van der Waals surface area contributed by atoms with E-state index in [9.17, 15) is 4.79 Å². The van der Waals surface area contributed by atoms with Gasteiger partial charge in [0.15, 0.2) is 0 Å². The molecule has 1 aliphatic heterocycles. The van der Waals surface area contributed by atoms with Gasteiger partial charge in [0, 0.05) is 24.7 Å². The molecule has 0 bridgehead atoms. The van der Waals surface area contributed by atoms with Gasteiger partial charge in [-0.1, -0.05) is 18.5 Å². The number of benzene rings is 1. The summed E-state index contributed by atoms with van der Waals surface area (Å²) in [6.07, 6.45) is 0.943. The molecular weight excluding hydrogens is 264 g/mol. The van der Waals surface area contributed by atoms with Crippen LogP contribution in [-0.2, 0) is 0 Å². The van der Waals surface area contributed by atoms with Crippen LogP contribution in [0.1, 0.15) is 23.7 Å². The Kier molecular flexibility index (Phi) is 4.66. The molecule has 0 spiro atoms. The van der Waals surface area contributed by atoms with Crippen molar-refractivity contribution in [3.05, 3.63) is 28.8 Å². The number of amides is 1. The molecule has 0 saturated carbocycles. The third-order valence-electron chi connectivity index (χ3n) is 3.32. The van der Waals surface area contributed by atoms with Crippen LogP contribution in [0.15, 0.2) is 18.2 Å². The second-order valence-electron chi connectivity index (χ2n) is 4.66. The third kappa shape index (κ3) is 3.01. The van der Waals surface area contributed by atoms with Crippen LogP contribution in [0.4, 0.5) is 0 Å². The SMILES string of the molecule is CCCN(C(=O)c1ccc(Cl)cc1OC)C1CNC1. The predicted molar refractivity (Wildman–Crippen MR) is 76.0 cm³/mol. The smallest absolute Gasteiger partial charge is 0.257 e. The van der Waals surface area contributed by atoms with Crippen LogP contribution in [0.2, 0.25) is 5.02 Å². The monoisotopic (exact) mass is 282 g/mol. The first-order valence-corrected chi connectivity index (χ1v) is 6.90. The maximum absolute atomic E-state index is 12.6. The Balaban J connectivity index is 2.25. The van der Waals surface area contributed by atoms with Gasteiger partial charge in [-0.3, -0.25) is 4.79 Å². The zero-order chi connectivity index (χ0) is 13.8. The van der Waals surface area contributed by atoms with Crippen LogP contribution < -0.4 is 10.1 Å². The zero-order valence-electron chi connectivity index (χ0n) is 11.3. The Hall–Kier alpha value is -1.26. The second-order valence-corrected chi connectivity index (χ2v) is 5.09. The number of halogens is 1. The first-order chi connectivity index (χ1) is 9.17. The largest absolute Gasteiger partial charge is 0.496 e. The predicted octanol–water partition coefficient (Wildman–Crippen LogP) is 2.17. The standard InChI is InChI=1S/C14H19ClN2O2/c1-3-6-17(11-8-16-9-11)14(18)12-5-4-10(15)7-13(12)19-2/h4-5,7,11,16H,3,6,8-9H2,1-2H3. The molecule has 1 aromatic rings. The fourth-order valence-corrected chi connectivity index (χ4v) is 2.34. The highest BCUT2D eigenvalue weighted by Gasteiger charge is 2.29. The molecule has 19 heavy (non-hydrogen) atoms. The number of carbonyl (C=O) groups is 1. The highest BCUT2D eigenvalue weighted by Crippen LogP contribution is 2.25. The number of hydrogen-bond acceptors (Lipinski definition) is 3. The molecule has 0 radical (unpaired) electrons. The van der Waals surface area contributed by atoms with Crippen molar-refractivity contribution in [1.82, 2.24) is 10.2 Å². The van der Waals surface area contributed by atoms with Crippen LogP contribution in [0.3, 0.4) is 0 Å². The number of ether oxygens (including phenoxy) is 1. The molecule has 0 aliphatic carbocycles. The summed E-state index contributed by atoms with van der Waals surface area (Å²) in [5.74, 6) is 0.549. The molecule has 1 saturated heterocycles. The van der Waals surface area contributed by atoms with E-state index in [0.717, 1.165) is 26.1 Å². The molecule has 0 unspecified atom stereocenters. The average molecular weight is 283 g/mol. The molecule has 2 rings (SSSR count). The normalized spacial score (nSPS) is 14.9. The van der Waals surface area contributed by atoms with Crippen LogP contribution in [0.25, 0.3) is 0 Å². The Morgan fingerprint density at radius 2 is 2.26 bits per heavy atom. The van der Waals surface area contributed by atoms with Crippen LogP contribution in [-0.4, -0.2) is 43.6 Å². The lowest BCUT2D eigenvalue weighted by Gasteiger charge is -2.38. The first-order valence-electron chi connectivity index (χ1n) is 6.52. The van der Waals surface area contributed by atoms with E-state index < -0.39 is 0 Å². The summed E-state index contributed by atoms with van der Waals surface area (Å²) in [5, 5.41) is 3.77. The van der Waals surface area contributed by atoms with E-state index in [4.69, 9.17) is 16.3 Å². The van der Waals surface area contributed by atoms with Gasteiger partial charge in [-0.25, -0.2) is 0 Å². The van der Waals surface area contributed by atoms with Crippen molar-refractivity contribution in [3.63, 3.8) is 0 Å². The van der Waals surface area contributed by atoms with Crippen molar-refractivity contribution < 1.29 is 9.53 Å².